The molecule has 1 fully saturated rings. The van der Waals surface area contributed by atoms with E-state index < -0.39 is 17.7 Å². The molecule has 0 radical (unpaired) electrons. The van der Waals surface area contributed by atoms with Gasteiger partial charge in [0.25, 0.3) is 11.7 Å². The number of carbonyl (C=O) groups is 2. The fraction of sp³-hybridized carbons (Fsp3) is 0.360. The highest BCUT2D eigenvalue weighted by Gasteiger charge is 2.46. The highest BCUT2D eigenvalue weighted by atomic mass is 16.5. The Morgan fingerprint density at radius 3 is 2.33 bits per heavy atom. The van der Waals surface area contributed by atoms with Gasteiger partial charge in [-0.1, -0.05) is 12.1 Å². The van der Waals surface area contributed by atoms with Crippen molar-refractivity contribution in [1.29, 1.82) is 0 Å². The number of hydrogen-bond acceptors (Lipinski definition) is 7. The number of ether oxygens (including phenoxy) is 3. The summed E-state index contributed by atoms with van der Waals surface area (Å²) in [4.78, 5) is 29.8. The minimum Gasteiger partial charge on any atom is -0.507 e. The molecule has 0 bridgehead atoms. The Labute approximate surface area is 194 Å². The Hall–Kier alpha value is -3.52. The zero-order valence-corrected chi connectivity index (χ0v) is 19.6. The number of ketones is 1. The van der Waals surface area contributed by atoms with Crippen LogP contribution in [0.5, 0.6) is 17.2 Å². The van der Waals surface area contributed by atoms with Crippen LogP contribution in [0.25, 0.3) is 5.76 Å². The molecule has 0 saturated carbocycles. The van der Waals surface area contributed by atoms with Crippen LogP contribution >= 0.6 is 0 Å². The molecule has 0 unspecified atom stereocenters. The van der Waals surface area contributed by atoms with Crippen molar-refractivity contribution in [3.8, 4) is 17.2 Å². The molecule has 2 aromatic carbocycles. The number of methoxy groups -OCH3 is 3. The normalized spacial score (nSPS) is 17.5. The van der Waals surface area contributed by atoms with E-state index in [0.29, 0.717) is 41.3 Å². The number of likely N-dealkylation sites (tertiary alicyclic amines) is 1. The van der Waals surface area contributed by atoms with E-state index in [-0.39, 0.29) is 11.3 Å². The van der Waals surface area contributed by atoms with Gasteiger partial charge in [0.1, 0.15) is 23.0 Å². The second kappa shape index (κ2) is 10.4. The van der Waals surface area contributed by atoms with Crippen molar-refractivity contribution >= 4 is 17.4 Å². The van der Waals surface area contributed by atoms with E-state index in [1.165, 1.54) is 19.1 Å². The van der Waals surface area contributed by atoms with Crippen molar-refractivity contribution in [2.45, 2.75) is 12.5 Å². The van der Waals surface area contributed by atoms with Crippen molar-refractivity contribution in [2.24, 2.45) is 0 Å². The lowest BCUT2D eigenvalue weighted by molar-refractivity contribution is -0.139. The topological polar surface area (TPSA) is 88.5 Å². The van der Waals surface area contributed by atoms with Crippen molar-refractivity contribution in [1.82, 2.24) is 9.80 Å². The first-order chi connectivity index (χ1) is 15.8. The average Bonchev–Trinajstić information content (AvgIpc) is 3.08. The Morgan fingerprint density at radius 1 is 1.00 bits per heavy atom. The maximum Gasteiger partial charge on any atom is 0.295 e. The highest BCUT2D eigenvalue weighted by molar-refractivity contribution is 6.46. The minimum absolute atomic E-state index is 0.0153. The van der Waals surface area contributed by atoms with E-state index in [2.05, 4.69) is 0 Å². The van der Waals surface area contributed by atoms with Crippen LogP contribution in [-0.4, -0.2) is 75.1 Å². The molecular weight excluding hydrogens is 424 g/mol. The van der Waals surface area contributed by atoms with Gasteiger partial charge in [0.05, 0.1) is 38.5 Å². The third-order valence-corrected chi connectivity index (χ3v) is 5.62. The Bertz CT molecular complexity index is 1060. The van der Waals surface area contributed by atoms with E-state index in [0.717, 1.165) is 6.54 Å². The van der Waals surface area contributed by atoms with Crippen LogP contribution in [0.2, 0.25) is 0 Å². The van der Waals surface area contributed by atoms with Gasteiger partial charge >= 0.3 is 0 Å². The summed E-state index contributed by atoms with van der Waals surface area (Å²) >= 11 is 0. The molecule has 0 aliphatic carbocycles. The first kappa shape index (κ1) is 24.1. The van der Waals surface area contributed by atoms with Crippen LogP contribution in [0.3, 0.4) is 0 Å². The van der Waals surface area contributed by atoms with Crippen molar-refractivity contribution in [3.05, 3.63) is 59.2 Å². The van der Waals surface area contributed by atoms with Crippen molar-refractivity contribution < 1.29 is 28.9 Å². The summed E-state index contributed by atoms with van der Waals surface area (Å²) in [5.74, 6) is -0.213. The largest absolute Gasteiger partial charge is 0.507 e. The number of aliphatic hydroxyl groups excluding tert-OH is 1. The quantitative estimate of drug-likeness (QED) is 0.354. The Balaban J connectivity index is 2.16. The molecule has 0 aromatic heterocycles. The summed E-state index contributed by atoms with van der Waals surface area (Å²) in [5.41, 5.74) is 0.992. The number of Topliss-reactive ketones (excluding diaryl/α,β-unsaturated/α-hetero) is 1. The maximum atomic E-state index is 13.2. The zero-order valence-electron chi connectivity index (χ0n) is 19.6. The minimum atomic E-state index is -0.755. The van der Waals surface area contributed by atoms with Crippen LogP contribution in [-0.2, 0) is 9.59 Å². The van der Waals surface area contributed by atoms with Crippen LogP contribution in [0, 0.1) is 0 Å². The third kappa shape index (κ3) is 4.96. The van der Waals surface area contributed by atoms with E-state index in [1.807, 2.05) is 25.1 Å². The first-order valence-electron chi connectivity index (χ1n) is 10.6. The molecular formula is C25H30N2O6. The lowest BCUT2D eigenvalue weighted by atomic mass is 9.94. The summed E-state index contributed by atoms with van der Waals surface area (Å²) in [7, 11) is 8.43. The van der Waals surface area contributed by atoms with Gasteiger partial charge in [-0.25, -0.2) is 0 Å². The third-order valence-electron chi connectivity index (χ3n) is 5.62. The predicted octanol–water partition coefficient (Wildman–Crippen LogP) is 3.09. The fourth-order valence-corrected chi connectivity index (χ4v) is 3.97. The molecule has 176 valence electrons. The summed E-state index contributed by atoms with van der Waals surface area (Å²) < 4.78 is 16.0. The van der Waals surface area contributed by atoms with E-state index in [4.69, 9.17) is 14.2 Å². The number of nitrogens with zero attached hydrogens (tertiary/aromatic N) is 2. The molecule has 1 heterocycles. The molecule has 1 saturated heterocycles. The fourth-order valence-electron chi connectivity index (χ4n) is 3.97. The molecule has 0 spiro atoms. The summed E-state index contributed by atoms with van der Waals surface area (Å²) in [6.07, 6.45) is 0.673. The van der Waals surface area contributed by atoms with Gasteiger partial charge in [-0.3, -0.25) is 9.59 Å². The summed E-state index contributed by atoms with van der Waals surface area (Å²) in [5, 5.41) is 11.3. The van der Waals surface area contributed by atoms with Crippen molar-refractivity contribution in [2.75, 3.05) is 48.5 Å². The monoisotopic (exact) mass is 454 g/mol. The van der Waals surface area contributed by atoms with Gasteiger partial charge in [-0.2, -0.15) is 0 Å². The van der Waals surface area contributed by atoms with Crippen LogP contribution in [0.15, 0.2) is 48.0 Å². The number of benzene rings is 2. The smallest absolute Gasteiger partial charge is 0.295 e. The van der Waals surface area contributed by atoms with E-state index >= 15 is 0 Å². The first-order valence-corrected chi connectivity index (χ1v) is 10.6. The lowest BCUT2D eigenvalue weighted by Gasteiger charge is -2.26. The molecule has 33 heavy (non-hydrogen) atoms. The van der Waals surface area contributed by atoms with Gasteiger partial charge in [-0.05, 0) is 56.9 Å². The number of carbonyl (C=O) groups excluding carboxylic acids is 2. The average molecular weight is 455 g/mol. The molecule has 1 atom stereocenters. The second-order valence-electron chi connectivity index (χ2n) is 7.99. The molecule has 1 amide bonds. The molecule has 2 aromatic rings. The van der Waals surface area contributed by atoms with Crippen molar-refractivity contribution in [3.63, 3.8) is 0 Å². The summed E-state index contributed by atoms with van der Waals surface area (Å²) in [6, 6.07) is 11.3. The van der Waals surface area contributed by atoms with Crippen LogP contribution in [0.4, 0.5) is 0 Å². The van der Waals surface area contributed by atoms with E-state index in [9.17, 15) is 14.7 Å². The number of amides is 1. The molecule has 1 aliphatic heterocycles. The molecule has 1 N–H and O–H groups in total. The van der Waals surface area contributed by atoms with Gasteiger partial charge in [0, 0.05) is 12.6 Å². The Morgan fingerprint density at radius 2 is 1.70 bits per heavy atom. The standard InChI is InChI=1S/C25H30N2O6/c1-26(2)12-7-13-27-22(16-8-6-9-17(14-16)31-3)21(24(29)25(27)30)23(28)19-11-10-18(32-4)15-20(19)33-5/h6,8-11,14-15,22,28H,7,12-13H2,1-5H3/t22-/m0/s1. The number of rotatable bonds is 9. The van der Waals surface area contributed by atoms with Crippen LogP contribution < -0.4 is 14.2 Å². The van der Waals surface area contributed by atoms with Gasteiger partial charge in [-0.15, -0.1) is 0 Å². The van der Waals surface area contributed by atoms with Gasteiger partial charge in [0.15, 0.2) is 0 Å². The zero-order chi connectivity index (χ0) is 24.1. The molecule has 8 heteroatoms. The maximum absolute atomic E-state index is 13.2. The Kier molecular flexibility index (Phi) is 7.60. The SMILES string of the molecule is COc1cccc([C@H]2C(=C(O)c3ccc(OC)cc3OC)C(=O)C(=O)N2CCCN(C)C)c1. The van der Waals surface area contributed by atoms with Crippen LogP contribution in [0.1, 0.15) is 23.6 Å². The summed E-state index contributed by atoms with van der Waals surface area (Å²) in [6.45, 7) is 1.11. The van der Waals surface area contributed by atoms with Gasteiger partial charge < -0.3 is 29.1 Å². The predicted molar refractivity (Wildman–Crippen MR) is 125 cm³/mol. The van der Waals surface area contributed by atoms with E-state index in [1.54, 1.807) is 43.5 Å². The van der Waals surface area contributed by atoms with Gasteiger partial charge in [0.2, 0.25) is 0 Å². The molecule has 3 rings (SSSR count). The molecule has 1 aliphatic rings. The highest BCUT2D eigenvalue weighted by Crippen LogP contribution is 2.42. The number of aliphatic hydroxyl groups is 1. The molecule has 8 nitrogen and oxygen atoms in total. The second-order valence-corrected chi connectivity index (χ2v) is 7.99. The lowest BCUT2D eigenvalue weighted by Crippen LogP contribution is -2.32. The number of hydrogen-bond donors (Lipinski definition) is 1.